The normalized spacial score (nSPS) is 10.5. The molecule has 3 aromatic rings. The van der Waals surface area contributed by atoms with Crippen molar-refractivity contribution in [1.82, 2.24) is 9.78 Å². The second-order valence-corrected chi connectivity index (χ2v) is 5.40. The number of amides is 1. The third kappa shape index (κ3) is 3.58. The molecular formula is C18H18N4O. The molecule has 1 aromatic heterocycles. The number of benzene rings is 2. The van der Waals surface area contributed by atoms with E-state index in [9.17, 15) is 4.79 Å². The van der Waals surface area contributed by atoms with Gasteiger partial charge in [0.2, 0.25) is 5.91 Å². The smallest absolute Gasteiger partial charge is 0.248 e. The number of primary amides is 1. The van der Waals surface area contributed by atoms with Gasteiger partial charge in [0.15, 0.2) is 5.82 Å². The van der Waals surface area contributed by atoms with Crippen LogP contribution < -0.4 is 11.1 Å². The number of aromatic nitrogens is 2. The third-order valence-corrected chi connectivity index (χ3v) is 3.61. The van der Waals surface area contributed by atoms with Crippen LogP contribution in [0.25, 0.3) is 0 Å². The molecule has 3 rings (SSSR count). The number of nitrogens with one attached hydrogen (secondary N) is 1. The molecule has 0 fully saturated rings. The largest absolute Gasteiger partial charge is 0.366 e. The number of nitrogens with zero attached hydrogens (tertiary/aromatic N) is 2. The Morgan fingerprint density at radius 2 is 1.96 bits per heavy atom. The van der Waals surface area contributed by atoms with Crippen LogP contribution >= 0.6 is 0 Å². The van der Waals surface area contributed by atoms with Gasteiger partial charge in [-0.25, -0.2) is 0 Å². The molecule has 0 aliphatic heterocycles. The van der Waals surface area contributed by atoms with Gasteiger partial charge in [0.25, 0.3) is 0 Å². The summed E-state index contributed by atoms with van der Waals surface area (Å²) < 4.78 is 1.87. The molecule has 0 saturated carbocycles. The zero-order valence-corrected chi connectivity index (χ0v) is 12.9. The maximum atomic E-state index is 11.3. The van der Waals surface area contributed by atoms with E-state index < -0.39 is 5.91 Å². The van der Waals surface area contributed by atoms with Gasteiger partial charge < -0.3 is 11.1 Å². The van der Waals surface area contributed by atoms with Crippen molar-refractivity contribution in [2.45, 2.75) is 13.5 Å². The van der Waals surface area contributed by atoms with Crippen molar-refractivity contribution in [3.05, 3.63) is 77.5 Å². The maximum Gasteiger partial charge on any atom is 0.248 e. The van der Waals surface area contributed by atoms with Gasteiger partial charge in [-0.3, -0.25) is 9.48 Å². The highest BCUT2D eigenvalue weighted by atomic mass is 16.1. The van der Waals surface area contributed by atoms with Crippen LogP contribution in [0.3, 0.4) is 0 Å². The number of rotatable bonds is 5. The van der Waals surface area contributed by atoms with E-state index in [1.807, 2.05) is 48.1 Å². The summed E-state index contributed by atoms with van der Waals surface area (Å²) in [4.78, 5) is 11.3. The highest BCUT2D eigenvalue weighted by molar-refractivity contribution is 5.94. The quantitative estimate of drug-likeness (QED) is 0.761. The second-order valence-electron chi connectivity index (χ2n) is 5.40. The summed E-state index contributed by atoms with van der Waals surface area (Å²) in [6.07, 6.45) is 1.92. The summed E-state index contributed by atoms with van der Waals surface area (Å²) in [5, 5.41) is 7.74. The minimum atomic E-state index is -0.442. The standard InChI is InChI=1S/C18H18N4O/c1-13-7-8-15(18(19)23)11-16(13)20-17-9-10-22(21-17)12-14-5-3-2-4-6-14/h2-11H,12H2,1H3,(H2,19,23)(H,20,21). The van der Waals surface area contributed by atoms with Crippen LogP contribution in [0.15, 0.2) is 60.8 Å². The fourth-order valence-corrected chi connectivity index (χ4v) is 2.33. The molecule has 1 heterocycles. The molecule has 0 radical (unpaired) electrons. The lowest BCUT2D eigenvalue weighted by atomic mass is 10.1. The predicted molar refractivity (Wildman–Crippen MR) is 90.8 cm³/mol. The van der Waals surface area contributed by atoms with Crippen LogP contribution in [0.1, 0.15) is 21.5 Å². The fourth-order valence-electron chi connectivity index (χ4n) is 2.33. The number of nitrogens with two attached hydrogens (primary N) is 1. The van der Waals surface area contributed by atoms with Gasteiger partial charge in [-0.05, 0) is 30.2 Å². The molecule has 0 aliphatic carbocycles. The van der Waals surface area contributed by atoms with E-state index in [0.29, 0.717) is 12.1 Å². The van der Waals surface area contributed by atoms with Crippen LogP contribution in [0.4, 0.5) is 11.5 Å². The number of carbonyl (C=O) groups is 1. The van der Waals surface area contributed by atoms with Crippen molar-refractivity contribution in [2.75, 3.05) is 5.32 Å². The first-order valence-electron chi connectivity index (χ1n) is 7.37. The number of aryl methyl sites for hydroxylation is 1. The molecule has 23 heavy (non-hydrogen) atoms. The molecule has 0 saturated heterocycles. The molecule has 1 amide bonds. The highest BCUT2D eigenvalue weighted by Gasteiger charge is 2.07. The van der Waals surface area contributed by atoms with Gasteiger partial charge >= 0.3 is 0 Å². The van der Waals surface area contributed by atoms with Crippen molar-refractivity contribution in [1.29, 1.82) is 0 Å². The van der Waals surface area contributed by atoms with Crippen molar-refractivity contribution in [3.8, 4) is 0 Å². The second kappa shape index (κ2) is 6.36. The van der Waals surface area contributed by atoms with Crippen molar-refractivity contribution < 1.29 is 4.79 Å². The first-order valence-corrected chi connectivity index (χ1v) is 7.37. The third-order valence-electron chi connectivity index (χ3n) is 3.61. The summed E-state index contributed by atoms with van der Waals surface area (Å²) in [6.45, 7) is 2.68. The van der Waals surface area contributed by atoms with E-state index in [1.54, 1.807) is 12.1 Å². The molecule has 0 spiro atoms. The van der Waals surface area contributed by atoms with Crippen LogP contribution in [0.2, 0.25) is 0 Å². The van der Waals surface area contributed by atoms with E-state index in [4.69, 9.17) is 5.73 Å². The molecule has 5 nitrogen and oxygen atoms in total. The van der Waals surface area contributed by atoms with Crippen molar-refractivity contribution in [2.24, 2.45) is 5.73 Å². The Hall–Kier alpha value is -3.08. The topological polar surface area (TPSA) is 72.9 Å². The molecule has 3 N–H and O–H groups in total. The van der Waals surface area contributed by atoms with E-state index >= 15 is 0 Å². The lowest BCUT2D eigenvalue weighted by Gasteiger charge is -2.08. The van der Waals surface area contributed by atoms with Gasteiger partial charge in [0, 0.05) is 23.5 Å². The average Bonchev–Trinajstić information content (AvgIpc) is 2.97. The van der Waals surface area contributed by atoms with Crippen LogP contribution in [0.5, 0.6) is 0 Å². The Morgan fingerprint density at radius 3 is 2.70 bits per heavy atom. The summed E-state index contributed by atoms with van der Waals surface area (Å²) in [7, 11) is 0. The number of hydrogen-bond donors (Lipinski definition) is 2. The number of carbonyl (C=O) groups excluding carboxylic acids is 1. The minimum absolute atomic E-state index is 0.442. The van der Waals surface area contributed by atoms with E-state index in [2.05, 4.69) is 22.5 Å². The predicted octanol–water partition coefficient (Wildman–Crippen LogP) is 3.08. The maximum absolute atomic E-state index is 11.3. The molecule has 0 aliphatic rings. The number of anilines is 2. The number of hydrogen-bond acceptors (Lipinski definition) is 3. The molecule has 5 heteroatoms. The SMILES string of the molecule is Cc1ccc(C(N)=O)cc1Nc1ccn(Cc2ccccc2)n1. The fraction of sp³-hybridized carbons (Fsp3) is 0.111. The highest BCUT2D eigenvalue weighted by Crippen LogP contribution is 2.21. The van der Waals surface area contributed by atoms with E-state index in [1.165, 1.54) is 5.56 Å². The Bertz CT molecular complexity index is 824. The zero-order chi connectivity index (χ0) is 16.2. The van der Waals surface area contributed by atoms with E-state index in [-0.39, 0.29) is 0 Å². The Morgan fingerprint density at radius 1 is 1.17 bits per heavy atom. The van der Waals surface area contributed by atoms with Gasteiger partial charge in [-0.1, -0.05) is 36.4 Å². The average molecular weight is 306 g/mol. The first-order chi connectivity index (χ1) is 11.1. The molecule has 0 atom stereocenters. The van der Waals surface area contributed by atoms with Gasteiger partial charge in [-0.2, -0.15) is 5.10 Å². The lowest BCUT2D eigenvalue weighted by Crippen LogP contribution is -2.11. The first kappa shape index (κ1) is 14.8. The molecule has 116 valence electrons. The molecule has 2 aromatic carbocycles. The summed E-state index contributed by atoms with van der Waals surface area (Å²) in [5.41, 5.74) is 8.84. The van der Waals surface area contributed by atoms with E-state index in [0.717, 1.165) is 17.1 Å². The Kier molecular flexibility index (Phi) is 4.10. The molecule has 0 bridgehead atoms. The minimum Gasteiger partial charge on any atom is -0.366 e. The summed E-state index contributed by atoms with van der Waals surface area (Å²) in [6, 6.07) is 17.4. The summed E-state index contributed by atoms with van der Waals surface area (Å²) >= 11 is 0. The monoisotopic (exact) mass is 306 g/mol. The summed E-state index contributed by atoms with van der Waals surface area (Å²) in [5.74, 6) is 0.285. The van der Waals surface area contributed by atoms with Crippen molar-refractivity contribution in [3.63, 3.8) is 0 Å². The van der Waals surface area contributed by atoms with Crippen LogP contribution in [-0.2, 0) is 6.54 Å². The zero-order valence-electron chi connectivity index (χ0n) is 12.9. The van der Waals surface area contributed by atoms with Crippen LogP contribution in [0, 0.1) is 6.92 Å². The van der Waals surface area contributed by atoms with Gasteiger partial charge in [0.1, 0.15) is 0 Å². The lowest BCUT2D eigenvalue weighted by molar-refractivity contribution is 0.100. The van der Waals surface area contributed by atoms with Gasteiger partial charge in [0.05, 0.1) is 6.54 Å². The Labute approximate surface area is 134 Å². The Balaban J connectivity index is 1.77. The van der Waals surface area contributed by atoms with Crippen LogP contribution in [-0.4, -0.2) is 15.7 Å². The molecule has 0 unspecified atom stereocenters. The van der Waals surface area contributed by atoms with Crippen molar-refractivity contribution >= 4 is 17.4 Å². The molecular weight excluding hydrogens is 288 g/mol. The van der Waals surface area contributed by atoms with Gasteiger partial charge in [-0.15, -0.1) is 0 Å².